The van der Waals surface area contributed by atoms with Crippen LogP contribution in [0, 0.1) is 31.1 Å². The quantitative estimate of drug-likeness (QED) is 0.701. The van der Waals surface area contributed by atoms with Gasteiger partial charge in [-0.2, -0.15) is 0 Å². The molecule has 0 spiro atoms. The second-order valence-corrected chi connectivity index (χ2v) is 12.0. The van der Waals surface area contributed by atoms with Crippen LogP contribution in [-0.2, 0) is 14.9 Å². The first-order valence-electron chi connectivity index (χ1n) is 13.2. The van der Waals surface area contributed by atoms with Crippen molar-refractivity contribution in [2.45, 2.75) is 76.7 Å². The Hall–Kier alpha value is -1.39. The second kappa shape index (κ2) is 7.84. The molecule has 4 saturated carbocycles. The summed E-state index contributed by atoms with van der Waals surface area (Å²) in [5, 5.41) is 0. The molecule has 4 nitrogen and oxygen atoms in total. The van der Waals surface area contributed by atoms with Crippen molar-refractivity contribution in [3.05, 3.63) is 34.9 Å². The number of hydrogen-bond acceptors (Lipinski definition) is 3. The third-order valence-electron chi connectivity index (χ3n) is 9.94. The van der Waals surface area contributed by atoms with Crippen LogP contribution in [0.3, 0.4) is 0 Å². The molecule has 2 unspecified atom stereocenters. The predicted molar refractivity (Wildman–Crippen MR) is 127 cm³/mol. The summed E-state index contributed by atoms with van der Waals surface area (Å²) in [5.41, 5.74) is 4.46. The molecule has 2 aliphatic heterocycles. The van der Waals surface area contributed by atoms with E-state index < -0.39 is 0 Å². The van der Waals surface area contributed by atoms with Gasteiger partial charge in [0, 0.05) is 45.4 Å². The molecule has 1 amide bonds. The van der Waals surface area contributed by atoms with Gasteiger partial charge in [-0.05, 0) is 99.2 Å². The molecule has 6 fully saturated rings. The number of benzene rings is 1. The number of ether oxygens (including phenoxy) is 1. The Bertz CT molecular complexity index is 867. The van der Waals surface area contributed by atoms with Crippen LogP contribution in [-0.4, -0.2) is 61.1 Å². The van der Waals surface area contributed by atoms with Gasteiger partial charge in [0.15, 0.2) is 0 Å². The summed E-state index contributed by atoms with van der Waals surface area (Å²) in [6.45, 7) is 10.2. The van der Waals surface area contributed by atoms with Crippen LogP contribution in [0.2, 0.25) is 0 Å². The van der Waals surface area contributed by atoms with Crippen molar-refractivity contribution < 1.29 is 9.53 Å². The number of nitrogens with zero attached hydrogens (tertiary/aromatic N) is 2. The van der Waals surface area contributed by atoms with Gasteiger partial charge in [-0.15, -0.1) is 0 Å². The van der Waals surface area contributed by atoms with Gasteiger partial charge >= 0.3 is 0 Å². The van der Waals surface area contributed by atoms with Gasteiger partial charge in [0.05, 0.1) is 5.41 Å². The van der Waals surface area contributed by atoms with Gasteiger partial charge in [-0.1, -0.05) is 18.2 Å². The minimum Gasteiger partial charge on any atom is -0.381 e. The standard InChI is InChI=1S/C28H40N2O2/c1-20-3-4-24(13-21(20)2)27-15-22-14-23(16-27)18-28(17-22,19-27)26(31)30-9-7-29(8-10-30)25-5-11-32-12-6-25/h3-4,13,22-23,25H,5-12,14-19H2,1-2H3. The van der Waals surface area contributed by atoms with Crippen LogP contribution < -0.4 is 0 Å². The lowest BCUT2D eigenvalue weighted by atomic mass is 9.42. The van der Waals surface area contributed by atoms with E-state index in [2.05, 4.69) is 41.8 Å². The first-order valence-corrected chi connectivity index (χ1v) is 13.2. The molecule has 4 aliphatic carbocycles. The van der Waals surface area contributed by atoms with Crippen LogP contribution in [0.4, 0.5) is 0 Å². The fourth-order valence-electron chi connectivity index (χ4n) is 8.60. The van der Waals surface area contributed by atoms with Gasteiger partial charge in [-0.3, -0.25) is 9.69 Å². The second-order valence-electron chi connectivity index (χ2n) is 12.0. The molecule has 4 bridgehead atoms. The Morgan fingerprint density at radius 1 is 0.938 bits per heavy atom. The van der Waals surface area contributed by atoms with E-state index in [1.165, 1.54) is 36.0 Å². The average Bonchev–Trinajstić information content (AvgIpc) is 2.80. The number of carbonyl (C=O) groups excluding carboxylic acids is 1. The first kappa shape index (κ1) is 21.2. The van der Waals surface area contributed by atoms with E-state index in [0.29, 0.717) is 11.9 Å². The topological polar surface area (TPSA) is 32.8 Å². The highest BCUT2D eigenvalue weighted by Crippen LogP contribution is 2.66. The van der Waals surface area contributed by atoms with E-state index in [1.807, 2.05) is 0 Å². The molecule has 1 aromatic carbocycles. The molecule has 4 heteroatoms. The van der Waals surface area contributed by atoms with E-state index in [9.17, 15) is 4.79 Å². The van der Waals surface area contributed by atoms with Crippen LogP contribution in [0.1, 0.15) is 68.1 Å². The predicted octanol–water partition coefficient (Wildman–Crippen LogP) is 4.46. The van der Waals surface area contributed by atoms with Crippen molar-refractivity contribution in [2.75, 3.05) is 39.4 Å². The number of aryl methyl sites for hydroxylation is 2. The minimum absolute atomic E-state index is 0.0935. The normalized spacial score (nSPS) is 37.8. The molecule has 0 radical (unpaired) electrons. The van der Waals surface area contributed by atoms with E-state index in [4.69, 9.17) is 4.74 Å². The maximum absolute atomic E-state index is 14.1. The average molecular weight is 437 g/mol. The fraction of sp³-hybridized carbons (Fsp3) is 0.750. The Morgan fingerprint density at radius 2 is 1.62 bits per heavy atom. The highest BCUT2D eigenvalue weighted by Gasteiger charge is 2.61. The van der Waals surface area contributed by atoms with Crippen molar-refractivity contribution in [3.8, 4) is 0 Å². The zero-order valence-electron chi connectivity index (χ0n) is 20.1. The van der Waals surface area contributed by atoms with Crippen molar-refractivity contribution >= 4 is 5.91 Å². The molecular weight excluding hydrogens is 396 g/mol. The van der Waals surface area contributed by atoms with Crippen molar-refractivity contribution in [3.63, 3.8) is 0 Å². The van der Waals surface area contributed by atoms with E-state index >= 15 is 0 Å². The Kier molecular flexibility index (Phi) is 5.18. The monoisotopic (exact) mass is 436 g/mol. The molecular formula is C28H40N2O2. The molecule has 0 aromatic heterocycles. The van der Waals surface area contributed by atoms with Gasteiger partial charge < -0.3 is 9.64 Å². The van der Waals surface area contributed by atoms with E-state index in [0.717, 1.165) is 83.3 Å². The summed E-state index contributed by atoms with van der Waals surface area (Å²) in [6.07, 6.45) is 9.66. The number of piperazine rings is 1. The van der Waals surface area contributed by atoms with Crippen LogP contribution in [0.25, 0.3) is 0 Å². The highest BCUT2D eigenvalue weighted by atomic mass is 16.5. The summed E-state index contributed by atoms with van der Waals surface area (Å²) >= 11 is 0. The van der Waals surface area contributed by atoms with Gasteiger partial charge in [0.2, 0.25) is 5.91 Å². The molecule has 2 atom stereocenters. The SMILES string of the molecule is Cc1ccc(C23CC4CC(CC(C(=O)N5CCN(C6CCOCC6)CC5)(C4)C2)C3)cc1C. The smallest absolute Gasteiger partial charge is 0.228 e. The zero-order valence-corrected chi connectivity index (χ0v) is 20.1. The van der Waals surface area contributed by atoms with Crippen LogP contribution >= 0.6 is 0 Å². The maximum atomic E-state index is 14.1. The van der Waals surface area contributed by atoms with Crippen LogP contribution in [0.5, 0.6) is 0 Å². The van der Waals surface area contributed by atoms with Gasteiger partial charge in [0.25, 0.3) is 0 Å². The van der Waals surface area contributed by atoms with Crippen molar-refractivity contribution in [1.29, 1.82) is 0 Å². The fourth-order valence-corrected chi connectivity index (χ4v) is 8.60. The lowest BCUT2D eigenvalue weighted by molar-refractivity contribution is -0.162. The highest BCUT2D eigenvalue weighted by molar-refractivity contribution is 5.84. The van der Waals surface area contributed by atoms with Crippen molar-refractivity contribution in [2.24, 2.45) is 17.3 Å². The third kappa shape index (κ3) is 3.44. The van der Waals surface area contributed by atoms with E-state index in [1.54, 1.807) is 0 Å². The number of amides is 1. The first-order chi connectivity index (χ1) is 15.5. The number of carbonyl (C=O) groups is 1. The summed E-state index contributed by atoms with van der Waals surface area (Å²) < 4.78 is 5.56. The summed E-state index contributed by atoms with van der Waals surface area (Å²) in [6, 6.07) is 7.81. The van der Waals surface area contributed by atoms with Crippen molar-refractivity contribution in [1.82, 2.24) is 9.80 Å². The zero-order chi connectivity index (χ0) is 21.9. The number of hydrogen-bond donors (Lipinski definition) is 0. The Labute approximate surface area is 193 Å². The Morgan fingerprint density at radius 3 is 2.28 bits per heavy atom. The molecule has 2 saturated heterocycles. The molecule has 32 heavy (non-hydrogen) atoms. The largest absolute Gasteiger partial charge is 0.381 e. The van der Waals surface area contributed by atoms with Gasteiger partial charge in [0.1, 0.15) is 0 Å². The molecule has 7 rings (SSSR count). The molecule has 6 aliphatic rings. The molecule has 1 aromatic rings. The van der Waals surface area contributed by atoms with Crippen LogP contribution in [0.15, 0.2) is 18.2 Å². The summed E-state index contributed by atoms with van der Waals surface area (Å²) in [4.78, 5) is 19.0. The lowest BCUT2D eigenvalue weighted by Crippen LogP contribution is -2.62. The van der Waals surface area contributed by atoms with Gasteiger partial charge in [-0.25, -0.2) is 0 Å². The Balaban J connectivity index is 1.21. The molecule has 174 valence electrons. The summed E-state index contributed by atoms with van der Waals surface area (Å²) in [5.74, 6) is 1.99. The number of rotatable bonds is 3. The summed E-state index contributed by atoms with van der Waals surface area (Å²) in [7, 11) is 0. The van der Waals surface area contributed by atoms with E-state index in [-0.39, 0.29) is 10.8 Å². The minimum atomic E-state index is -0.0935. The third-order valence-corrected chi connectivity index (χ3v) is 9.94. The molecule has 0 N–H and O–H groups in total. The maximum Gasteiger partial charge on any atom is 0.228 e. The molecule has 2 heterocycles. The lowest BCUT2D eigenvalue weighted by Gasteiger charge is -2.62.